The van der Waals surface area contributed by atoms with Gasteiger partial charge in [0.15, 0.2) is 0 Å². The fraction of sp³-hybridized carbons (Fsp3) is 0.667. The topological polar surface area (TPSA) is 49.4 Å². The van der Waals surface area contributed by atoms with Crippen LogP contribution in [0.4, 0.5) is 0 Å². The molecule has 0 aliphatic carbocycles. The molecule has 90 valence electrons. The summed E-state index contributed by atoms with van der Waals surface area (Å²) in [6, 6.07) is -0.344. The van der Waals surface area contributed by atoms with Gasteiger partial charge in [-0.25, -0.2) is 0 Å². The normalized spacial score (nSPS) is 24.2. The third-order valence-electron chi connectivity index (χ3n) is 2.80. The van der Waals surface area contributed by atoms with Gasteiger partial charge in [-0.3, -0.25) is 9.59 Å². The predicted molar refractivity (Wildman–Crippen MR) is 62.8 cm³/mol. The van der Waals surface area contributed by atoms with Crippen molar-refractivity contribution in [3.05, 3.63) is 12.7 Å². The van der Waals surface area contributed by atoms with E-state index in [-0.39, 0.29) is 17.9 Å². The quantitative estimate of drug-likeness (QED) is 0.726. The van der Waals surface area contributed by atoms with E-state index in [1.807, 2.05) is 6.92 Å². The van der Waals surface area contributed by atoms with E-state index in [0.717, 1.165) is 6.42 Å². The largest absolute Gasteiger partial charge is 0.340 e. The van der Waals surface area contributed by atoms with Crippen LogP contribution in [0.25, 0.3) is 0 Å². The minimum atomic E-state index is -0.801. The fourth-order valence-corrected chi connectivity index (χ4v) is 2.00. The van der Waals surface area contributed by atoms with Gasteiger partial charge in [0.25, 0.3) is 0 Å². The van der Waals surface area contributed by atoms with E-state index >= 15 is 0 Å². The van der Waals surface area contributed by atoms with Gasteiger partial charge < -0.3 is 10.2 Å². The summed E-state index contributed by atoms with van der Waals surface area (Å²) in [6.07, 6.45) is 3.23. The third kappa shape index (κ3) is 2.26. The Hall–Kier alpha value is -1.32. The highest BCUT2D eigenvalue weighted by molar-refractivity contribution is 5.99. The Labute approximate surface area is 96.7 Å². The Kier molecular flexibility index (Phi) is 3.73. The first kappa shape index (κ1) is 12.7. The number of nitrogens with one attached hydrogen (secondary N) is 1. The van der Waals surface area contributed by atoms with Crippen LogP contribution in [-0.2, 0) is 9.59 Å². The van der Waals surface area contributed by atoms with Gasteiger partial charge in [0, 0.05) is 6.54 Å². The second-order valence-electron chi connectivity index (χ2n) is 4.66. The minimum Gasteiger partial charge on any atom is -0.340 e. The summed E-state index contributed by atoms with van der Waals surface area (Å²) >= 11 is 0. The molecule has 0 bridgehead atoms. The van der Waals surface area contributed by atoms with Crippen molar-refractivity contribution in [2.24, 2.45) is 0 Å². The van der Waals surface area contributed by atoms with Crippen molar-refractivity contribution >= 4 is 11.8 Å². The van der Waals surface area contributed by atoms with E-state index in [9.17, 15) is 9.59 Å². The van der Waals surface area contributed by atoms with Crippen LogP contribution in [0.15, 0.2) is 12.7 Å². The second kappa shape index (κ2) is 4.68. The number of nitrogens with zero attached hydrogens (tertiary/aromatic N) is 1. The molecule has 1 atom stereocenters. The van der Waals surface area contributed by atoms with Crippen molar-refractivity contribution in [3.63, 3.8) is 0 Å². The van der Waals surface area contributed by atoms with Crippen molar-refractivity contribution in [1.82, 2.24) is 10.2 Å². The van der Waals surface area contributed by atoms with Gasteiger partial charge in [-0.05, 0) is 20.3 Å². The molecule has 1 aliphatic rings. The maximum atomic E-state index is 12.1. The molecule has 1 aliphatic heterocycles. The molecule has 0 aromatic rings. The Balaban J connectivity index is 2.96. The van der Waals surface area contributed by atoms with E-state index in [0.29, 0.717) is 13.0 Å². The van der Waals surface area contributed by atoms with Crippen LogP contribution in [-0.4, -0.2) is 34.8 Å². The maximum Gasteiger partial charge on any atom is 0.248 e. The smallest absolute Gasteiger partial charge is 0.248 e. The Bertz CT molecular complexity index is 310. The number of hydrogen-bond donors (Lipinski definition) is 1. The standard InChI is InChI=1S/C12H20N2O2/c1-5-7-9-10(15)13-12(3,4)11(16)14(9)8-6-2/h6,9H,2,5,7-8H2,1,3-4H3,(H,13,15). The first-order valence-corrected chi connectivity index (χ1v) is 5.68. The summed E-state index contributed by atoms with van der Waals surface area (Å²) in [5, 5.41) is 2.76. The number of piperazine rings is 1. The molecule has 0 spiro atoms. The van der Waals surface area contributed by atoms with Crippen LogP contribution in [0.2, 0.25) is 0 Å². The van der Waals surface area contributed by atoms with Crippen molar-refractivity contribution in [2.45, 2.75) is 45.2 Å². The molecule has 0 saturated carbocycles. The summed E-state index contributed by atoms with van der Waals surface area (Å²) < 4.78 is 0. The summed E-state index contributed by atoms with van der Waals surface area (Å²) in [5.41, 5.74) is -0.801. The molecule has 1 N–H and O–H groups in total. The molecule has 4 nitrogen and oxygen atoms in total. The van der Waals surface area contributed by atoms with Crippen LogP contribution in [0, 0.1) is 0 Å². The number of carbonyl (C=O) groups excluding carboxylic acids is 2. The molecule has 0 radical (unpaired) electrons. The Morgan fingerprint density at radius 1 is 1.50 bits per heavy atom. The summed E-state index contributed by atoms with van der Waals surface area (Å²) in [6.45, 7) is 9.52. The zero-order valence-electron chi connectivity index (χ0n) is 10.2. The number of carbonyl (C=O) groups is 2. The molecule has 1 rings (SSSR count). The molecular formula is C12H20N2O2. The first-order chi connectivity index (χ1) is 7.44. The highest BCUT2D eigenvalue weighted by Gasteiger charge is 2.44. The molecule has 0 aromatic carbocycles. The molecule has 1 heterocycles. The minimum absolute atomic E-state index is 0.0366. The average molecular weight is 224 g/mol. The van der Waals surface area contributed by atoms with Crippen LogP contribution in [0.5, 0.6) is 0 Å². The zero-order valence-corrected chi connectivity index (χ0v) is 10.2. The molecule has 16 heavy (non-hydrogen) atoms. The van der Waals surface area contributed by atoms with Gasteiger partial charge in [-0.1, -0.05) is 19.4 Å². The van der Waals surface area contributed by atoms with E-state index in [2.05, 4.69) is 11.9 Å². The van der Waals surface area contributed by atoms with Crippen molar-refractivity contribution in [2.75, 3.05) is 6.54 Å². The lowest BCUT2D eigenvalue weighted by molar-refractivity contribution is -0.153. The van der Waals surface area contributed by atoms with Crippen LogP contribution in [0.3, 0.4) is 0 Å². The molecular weight excluding hydrogens is 204 g/mol. The zero-order chi connectivity index (χ0) is 12.3. The molecule has 4 heteroatoms. The van der Waals surface area contributed by atoms with Gasteiger partial charge in [0.2, 0.25) is 11.8 Å². The lowest BCUT2D eigenvalue weighted by Gasteiger charge is -2.42. The monoisotopic (exact) mass is 224 g/mol. The summed E-state index contributed by atoms with van der Waals surface area (Å²) in [5.74, 6) is -0.0984. The van der Waals surface area contributed by atoms with Crippen LogP contribution in [0.1, 0.15) is 33.6 Å². The molecule has 0 aromatic heterocycles. The van der Waals surface area contributed by atoms with Gasteiger partial charge in [0.1, 0.15) is 11.6 Å². The Morgan fingerprint density at radius 2 is 2.12 bits per heavy atom. The number of rotatable bonds is 4. The van der Waals surface area contributed by atoms with E-state index < -0.39 is 5.54 Å². The maximum absolute atomic E-state index is 12.1. The van der Waals surface area contributed by atoms with Gasteiger partial charge in [0.05, 0.1) is 0 Å². The number of amides is 2. The predicted octanol–water partition coefficient (Wildman–Crippen LogP) is 1.08. The lowest BCUT2D eigenvalue weighted by Crippen LogP contribution is -2.67. The summed E-state index contributed by atoms with van der Waals surface area (Å²) in [4.78, 5) is 25.6. The highest BCUT2D eigenvalue weighted by Crippen LogP contribution is 2.20. The molecule has 1 saturated heterocycles. The second-order valence-corrected chi connectivity index (χ2v) is 4.66. The van der Waals surface area contributed by atoms with Crippen LogP contribution < -0.4 is 5.32 Å². The van der Waals surface area contributed by atoms with Gasteiger partial charge >= 0.3 is 0 Å². The molecule has 2 amide bonds. The van der Waals surface area contributed by atoms with Gasteiger partial charge in [-0.15, -0.1) is 6.58 Å². The molecule has 1 unspecified atom stereocenters. The number of hydrogen-bond acceptors (Lipinski definition) is 2. The third-order valence-corrected chi connectivity index (χ3v) is 2.80. The van der Waals surface area contributed by atoms with E-state index in [4.69, 9.17) is 0 Å². The highest BCUT2D eigenvalue weighted by atomic mass is 16.2. The fourth-order valence-electron chi connectivity index (χ4n) is 2.00. The first-order valence-electron chi connectivity index (χ1n) is 5.68. The SMILES string of the molecule is C=CCN1C(=O)C(C)(C)NC(=O)C1CCC. The summed E-state index contributed by atoms with van der Waals surface area (Å²) in [7, 11) is 0. The van der Waals surface area contributed by atoms with Crippen LogP contribution >= 0.6 is 0 Å². The Morgan fingerprint density at radius 3 is 2.62 bits per heavy atom. The average Bonchev–Trinajstić information content (AvgIpc) is 2.19. The molecule has 1 fully saturated rings. The van der Waals surface area contributed by atoms with Crippen molar-refractivity contribution < 1.29 is 9.59 Å². The lowest BCUT2D eigenvalue weighted by atomic mass is 9.95. The van der Waals surface area contributed by atoms with Crippen molar-refractivity contribution in [3.8, 4) is 0 Å². The van der Waals surface area contributed by atoms with E-state index in [1.165, 1.54) is 0 Å². The van der Waals surface area contributed by atoms with E-state index in [1.54, 1.807) is 24.8 Å². The van der Waals surface area contributed by atoms with Crippen molar-refractivity contribution in [1.29, 1.82) is 0 Å². The van der Waals surface area contributed by atoms with Gasteiger partial charge in [-0.2, -0.15) is 0 Å².